The number of hydrogen-bond acceptors (Lipinski definition) is 4. The van der Waals surface area contributed by atoms with Gasteiger partial charge in [0.25, 0.3) is 5.89 Å². The van der Waals surface area contributed by atoms with Crippen molar-refractivity contribution in [2.75, 3.05) is 0 Å². The Hall–Kier alpha value is -2.83. The molecular weight excluding hydrogens is 509 g/mol. The quantitative estimate of drug-likeness (QED) is 0.282. The second-order valence-corrected chi connectivity index (χ2v) is 8.43. The lowest BCUT2D eigenvalue weighted by Crippen LogP contribution is -2.09. The summed E-state index contributed by atoms with van der Waals surface area (Å²) in [4.78, 5) is 4.41. The maximum atomic E-state index is 13.8. The van der Waals surface area contributed by atoms with Crippen molar-refractivity contribution >= 4 is 38.4 Å². The summed E-state index contributed by atoms with van der Waals surface area (Å²) in [5, 5.41) is 13.7. The molecule has 4 aromatic rings. The molecule has 0 radical (unpaired) electrons. The smallest absolute Gasteiger partial charge is 0.337 e. The van der Waals surface area contributed by atoms with E-state index in [9.17, 15) is 18.4 Å². The molecular formula is C22H15BrClF3N4O. The lowest BCUT2D eigenvalue weighted by Gasteiger charge is -2.11. The van der Waals surface area contributed by atoms with Crippen molar-refractivity contribution in [2.45, 2.75) is 32.5 Å². The summed E-state index contributed by atoms with van der Waals surface area (Å²) in [6.07, 6.45) is -3.37. The zero-order valence-corrected chi connectivity index (χ0v) is 19.0. The van der Waals surface area contributed by atoms with Crippen LogP contribution in [0.2, 0.25) is 5.02 Å². The SMILES string of the molecule is CCCc1cc2c(C(F)(F)F)c(C#N)ccc2n1Cc1noc(-c2cc(Cl)ccc2Br)n1. The van der Waals surface area contributed by atoms with Crippen molar-refractivity contribution in [1.82, 2.24) is 14.7 Å². The van der Waals surface area contributed by atoms with Crippen molar-refractivity contribution in [3.63, 3.8) is 0 Å². The molecule has 0 spiro atoms. The minimum absolute atomic E-state index is 0.0127. The zero-order valence-electron chi connectivity index (χ0n) is 16.7. The molecule has 0 unspecified atom stereocenters. The second-order valence-electron chi connectivity index (χ2n) is 7.14. The number of rotatable bonds is 5. The molecule has 0 atom stereocenters. The Morgan fingerprint density at radius 2 is 2.00 bits per heavy atom. The summed E-state index contributed by atoms with van der Waals surface area (Å²) in [5.74, 6) is 0.547. The third kappa shape index (κ3) is 4.12. The van der Waals surface area contributed by atoms with Crippen molar-refractivity contribution in [3.05, 3.63) is 68.5 Å². The van der Waals surface area contributed by atoms with E-state index >= 15 is 0 Å². The lowest BCUT2D eigenvalue weighted by molar-refractivity contribution is -0.136. The Balaban J connectivity index is 1.82. The Kier molecular flexibility index (Phi) is 6.01. The molecule has 0 aliphatic rings. The fraction of sp³-hybridized carbons (Fsp3) is 0.227. The second kappa shape index (κ2) is 8.60. The molecule has 0 aliphatic carbocycles. The highest BCUT2D eigenvalue weighted by Crippen LogP contribution is 2.39. The molecule has 32 heavy (non-hydrogen) atoms. The maximum absolute atomic E-state index is 13.8. The van der Waals surface area contributed by atoms with Crippen LogP contribution in [0.25, 0.3) is 22.4 Å². The molecule has 0 N–H and O–H groups in total. The van der Waals surface area contributed by atoms with Crippen LogP contribution >= 0.6 is 27.5 Å². The minimum Gasteiger partial charge on any atom is -0.337 e. The molecule has 10 heteroatoms. The van der Waals surface area contributed by atoms with Crippen molar-refractivity contribution in [2.24, 2.45) is 0 Å². The van der Waals surface area contributed by atoms with E-state index in [1.807, 2.05) is 6.92 Å². The Morgan fingerprint density at radius 3 is 2.69 bits per heavy atom. The number of halogens is 5. The van der Waals surface area contributed by atoms with Crippen molar-refractivity contribution in [1.29, 1.82) is 5.26 Å². The largest absolute Gasteiger partial charge is 0.418 e. The Bertz CT molecular complexity index is 1350. The van der Waals surface area contributed by atoms with Gasteiger partial charge in [0.2, 0.25) is 0 Å². The van der Waals surface area contributed by atoms with E-state index in [4.69, 9.17) is 16.1 Å². The van der Waals surface area contributed by atoms with Crippen LogP contribution < -0.4 is 0 Å². The van der Waals surface area contributed by atoms with Gasteiger partial charge < -0.3 is 9.09 Å². The normalized spacial score (nSPS) is 11.8. The first-order valence-electron chi connectivity index (χ1n) is 9.63. The number of alkyl halides is 3. The topological polar surface area (TPSA) is 67.6 Å². The first kappa shape index (κ1) is 22.4. The molecule has 0 fully saturated rings. The molecule has 0 saturated heterocycles. The van der Waals surface area contributed by atoms with Crippen molar-refractivity contribution < 1.29 is 17.7 Å². The Morgan fingerprint density at radius 1 is 1.22 bits per heavy atom. The third-order valence-corrected chi connectivity index (χ3v) is 5.93. The van der Waals surface area contributed by atoms with Gasteiger partial charge in [0.1, 0.15) is 0 Å². The van der Waals surface area contributed by atoms with Crippen molar-refractivity contribution in [3.8, 4) is 17.5 Å². The highest BCUT2D eigenvalue weighted by molar-refractivity contribution is 9.10. The van der Waals surface area contributed by atoms with E-state index in [0.29, 0.717) is 38.5 Å². The van der Waals surface area contributed by atoms with Gasteiger partial charge in [-0.25, -0.2) is 0 Å². The predicted octanol–water partition coefficient (Wildman–Crippen LogP) is 7.00. The predicted molar refractivity (Wildman–Crippen MR) is 117 cm³/mol. The number of aromatic nitrogens is 3. The number of nitriles is 1. The van der Waals surface area contributed by atoms with Crippen LogP contribution in [0, 0.1) is 11.3 Å². The fourth-order valence-corrected chi connectivity index (χ4v) is 4.26. The van der Waals surface area contributed by atoms with Crippen LogP contribution in [0.15, 0.2) is 45.4 Å². The van der Waals surface area contributed by atoms with E-state index < -0.39 is 17.3 Å². The molecule has 2 aromatic carbocycles. The summed E-state index contributed by atoms with van der Waals surface area (Å²) >= 11 is 9.47. The molecule has 5 nitrogen and oxygen atoms in total. The van der Waals surface area contributed by atoms with Gasteiger partial charge in [-0.1, -0.05) is 30.1 Å². The van der Waals surface area contributed by atoms with Crippen LogP contribution in [-0.4, -0.2) is 14.7 Å². The zero-order chi connectivity index (χ0) is 23.0. The molecule has 0 amide bonds. The van der Waals surface area contributed by atoms with Crippen LogP contribution in [0.3, 0.4) is 0 Å². The summed E-state index contributed by atoms with van der Waals surface area (Å²) in [6, 6.07) is 11.0. The van der Waals surface area contributed by atoms with Crippen LogP contribution in [0.1, 0.15) is 36.0 Å². The summed E-state index contributed by atoms with van der Waals surface area (Å²) in [5.41, 5.74) is 0.331. The van der Waals surface area contributed by atoms with Gasteiger partial charge in [-0.05, 0) is 58.7 Å². The summed E-state index contributed by atoms with van der Waals surface area (Å²) < 4.78 is 49.1. The van der Waals surface area contributed by atoms with Crippen LogP contribution in [-0.2, 0) is 19.1 Å². The summed E-state index contributed by atoms with van der Waals surface area (Å²) in [7, 11) is 0. The highest BCUT2D eigenvalue weighted by atomic mass is 79.9. The molecule has 0 saturated carbocycles. The number of benzene rings is 2. The van der Waals surface area contributed by atoms with Gasteiger partial charge in [-0.3, -0.25) is 0 Å². The molecule has 164 valence electrons. The Labute approximate surface area is 194 Å². The molecule has 2 aromatic heterocycles. The number of nitrogens with zero attached hydrogens (tertiary/aromatic N) is 4. The van der Waals surface area contributed by atoms with Gasteiger partial charge in [0.15, 0.2) is 5.82 Å². The number of aryl methyl sites for hydroxylation is 1. The van der Waals surface area contributed by atoms with E-state index in [-0.39, 0.29) is 17.8 Å². The van der Waals surface area contributed by atoms with Gasteiger partial charge in [0, 0.05) is 26.1 Å². The van der Waals surface area contributed by atoms with Crippen LogP contribution in [0.5, 0.6) is 0 Å². The first-order chi connectivity index (χ1) is 15.2. The van der Waals surface area contributed by atoms with Crippen LogP contribution in [0.4, 0.5) is 13.2 Å². The standard InChI is InChI=1S/C22H15BrClF3N4O/c1-2-3-14-9-16-18(7-4-12(10-28)20(16)22(25,26)27)31(14)11-19-29-21(32-30-19)15-8-13(24)5-6-17(15)23/h4-9H,2-3,11H2,1H3. The average molecular weight is 524 g/mol. The first-order valence-corrected chi connectivity index (χ1v) is 10.8. The van der Waals surface area contributed by atoms with Gasteiger partial charge >= 0.3 is 6.18 Å². The van der Waals surface area contributed by atoms with Gasteiger partial charge in [0.05, 0.1) is 29.3 Å². The molecule has 0 aliphatic heterocycles. The van der Waals surface area contributed by atoms with Gasteiger partial charge in [-0.15, -0.1) is 0 Å². The monoisotopic (exact) mass is 522 g/mol. The summed E-state index contributed by atoms with van der Waals surface area (Å²) in [6.45, 7) is 2.06. The molecule has 0 bridgehead atoms. The maximum Gasteiger partial charge on any atom is 0.418 e. The van der Waals surface area contributed by atoms with Gasteiger partial charge in [-0.2, -0.15) is 23.4 Å². The molecule has 4 rings (SSSR count). The number of fused-ring (bicyclic) bond motifs is 1. The minimum atomic E-state index is -4.65. The van der Waals surface area contributed by atoms with E-state index in [2.05, 4.69) is 26.1 Å². The average Bonchev–Trinajstić information content (AvgIpc) is 3.34. The molecule has 2 heterocycles. The van der Waals surface area contributed by atoms with E-state index in [0.717, 1.165) is 6.42 Å². The third-order valence-electron chi connectivity index (χ3n) is 5.01. The fourth-order valence-electron chi connectivity index (χ4n) is 3.67. The van der Waals surface area contributed by atoms with E-state index in [1.54, 1.807) is 28.8 Å². The number of hydrogen-bond donors (Lipinski definition) is 0. The van der Waals surface area contributed by atoms with E-state index in [1.165, 1.54) is 18.2 Å². The highest BCUT2D eigenvalue weighted by Gasteiger charge is 2.36. The lowest BCUT2D eigenvalue weighted by atomic mass is 10.0.